The fourth-order valence-electron chi connectivity index (χ4n) is 3.55. The van der Waals surface area contributed by atoms with Crippen LogP contribution in [0.25, 0.3) is 0 Å². The van der Waals surface area contributed by atoms with Crippen LogP contribution in [0.5, 0.6) is 11.5 Å². The minimum atomic E-state index is 0.213. The minimum Gasteiger partial charge on any atom is -0.504 e. The molecule has 1 unspecified atom stereocenters. The molecule has 1 fully saturated rings. The molecule has 1 aromatic carbocycles. The number of benzene rings is 1. The number of para-hydroxylation sites is 1. The molecule has 2 N–H and O–H groups in total. The summed E-state index contributed by atoms with van der Waals surface area (Å²) in [6.07, 6.45) is 0.789. The van der Waals surface area contributed by atoms with Crippen molar-refractivity contribution in [1.29, 1.82) is 0 Å². The zero-order valence-corrected chi connectivity index (χ0v) is 16.2. The van der Waals surface area contributed by atoms with Crippen molar-refractivity contribution in [3.8, 4) is 11.5 Å². The van der Waals surface area contributed by atoms with Gasteiger partial charge in [-0.05, 0) is 24.8 Å². The van der Waals surface area contributed by atoms with E-state index in [1.54, 1.807) is 6.07 Å². The molecule has 1 saturated heterocycles. The van der Waals surface area contributed by atoms with Crippen LogP contribution in [0, 0.1) is 5.41 Å². The number of piperazine rings is 1. The van der Waals surface area contributed by atoms with Gasteiger partial charge in [0.2, 0.25) is 0 Å². The predicted octanol–water partition coefficient (Wildman–Crippen LogP) is 2.71. The van der Waals surface area contributed by atoms with Crippen LogP contribution in [-0.4, -0.2) is 65.4 Å². The predicted molar refractivity (Wildman–Crippen MR) is 101 cm³/mol. The lowest BCUT2D eigenvalue weighted by molar-refractivity contribution is 0.0337. The molecule has 142 valence electrons. The first kappa shape index (κ1) is 20.0. The molecular weight excluding hydrogens is 316 g/mol. The Hall–Kier alpha value is -1.30. The number of phenolic OH excluding ortho intramolecular Hbond substituents is 1. The Morgan fingerprint density at radius 1 is 1.24 bits per heavy atom. The SMILES string of the molecule is CCOc1cccc(CN2CCN(CC(C)(C)C)C(CCO)C2)c1O. The molecule has 0 saturated carbocycles. The third kappa shape index (κ3) is 5.87. The summed E-state index contributed by atoms with van der Waals surface area (Å²) in [5.41, 5.74) is 1.15. The van der Waals surface area contributed by atoms with Crippen molar-refractivity contribution >= 4 is 0 Å². The maximum atomic E-state index is 10.4. The van der Waals surface area contributed by atoms with E-state index in [0.717, 1.165) is 38.2 Å². The molecule has 5 heteroatoms. The molecule has 5 nitrogen and oxygen atoms in total. The van der Waals surface area contributed by atoms with E-state index in [1.807, 2.05) is 19.1 Å². The quantitative estimate of drug-likeness (QED) is 0.792. The Bertz CT molecular complexity index is 542. The number of aliphatic hydroxyl groups is 1. The second-order valence-electron chi connectivity index (χ2n) is 8.13. The van der Waals surface area contributed by atoms with Gasteiger partial charge in [-0.2, -0.15) is 0 Å². The third-order valence-electron chi connectivity index (χ3n) is 4.60. The summed E-state index contributed by atoms with van der Waals surface area (Å²) in [6, 6.07) is 6.05. The molecular formula is C20H34N2O3. The largest absolute Gasteiger partial charge is 0.504 e. The molecule has 2 rings (SSSR count). The lowest BCUT2D eigenvalue weighted by Crippen LogP contribution is -2.54. The fourth-order valence-corrected chi connectivity index (χ4v) is 3.55. The van der Waals surface area contributed by atoms with E-state index in [-0.39, 0.29) is 17.8 Å². The molecule has 0 aromatic heterocycles. The molecule has 25 heavy (non-hydrogen) atoms. The Kier molecular flexibility index (Phi) is 7.11. The summed E-state index contributed by atoms with van der Waals surface area (Å²) in [5, 5.41) is 19.9. The molecule has 1 atom stereocenters. The lowest BCUT2D eigenvalue weighted by Gasteiger charge is -2.44. The van der Waals surface area contributed by atoms with Gasteiger partial charge < -0.3 is 14.9 Å². The number of hydrogen-bond donors (Lipinski definition) is 2. The Balaban J connectivity index is 2.04. The molecule has 0 aliphatic carbocycles. The van der Waals surface area contributed by atoms with Crippen molar-refractivity contribution in [2.75, 3.05) is 39.4 Å². The molecule has 0 radical (unpaired) electrons. The van der Waals surface area contributed by atoms with Crippen LogP contribution in [0.3, 0.4) is 0 Å². The monoisotopic (exact) mass is 350 g/mol. The summed E-state index contributed by atoms with van der Waals surface area (Å²) in [4.78, 5) is 4.87. The van der Waals surface area contributed by atoms with E-state index in [0.29, 0.717) is 24.9 Å². The first-order valence-electron chi connectivity index (χ1n) is 9.35. The number of ether oxygens (including phenoxy) is 1. The average Bonchev–Trinajstić information content (AvgIpc) is 2.53. The van der Waals surface area contributed by atoms with Crippen molar-refractivity contribution in [3.63, 3.8) is 0 Å². The summed E-state index contributed by atoms with van der Waals surface area (Å²) in [5.74, 6) is 0.804. The van der Waals surface area contributed by atoms with Crippen molar-refractivity contribution in [3.05, 3.63) is 23.8 Å². The number of rotatable bonds is 7. The highest BCUT2D eigenvalue weighted by Gasteiger charge is 2.29. The van der Waals surface area contributed by atoms with Gasteiger partial charge in [0.25, 0.3) is 0 Å². The molecule has 1 aliphatic heterocycles. The zero-order chi connectivity index (χ0) is 18.4. The van der Waals surface area contributed by atoms with Crippen molar-refractivity contribution in [1.82, 2.24) is 9.80 Å². The molecule has 0 bridgehead atoms. The molecule has 1 aliphatic rings. The second-order valence-corrected chi connectivity index (χ2v) is 8.13. The van der Waals surface area contributed by atoms with E-state index in [1.165, 1.54) is 0 Å². The summed E-state index contributed by atoms with van der Waals surface area (Å²) in [6.45, 7) is 14.1. The highest BCUT2D eigenvalue weighted by Crippen LogP contribution is 2.31. The van der Waals surface area contributed by atoms with Crippen molar-refractivity contribution in [2.45, 2.75) is 46.7 Å². The first-order chi connectivity index (χ1) is 11.8. The maximum Gasteiger partial charge on any atom is 0.162 e. The molecule has 1 aromatic rings. The lowest BCUT2D eigenvalue weighted by atomic mass is 9.94. The van der Waals surface area contributed by atoms with Gasteiger partial charge >= 0.3 is 0 Å². The van der Waals surface area contributed by atoms with Gasteiger partial charge in [0.15, 0.2) is 11.5 Å². The van der Waals surface area contributed by atoms with Gasteiger partial charge in [-0.3, -0.25) is 9.80 Å². The van der Waals surface area contributed by atoms with E-state index < -0.39 is 0 Å². The number of aliphatic hydroxyl groups excluding tert-OH is 1. The van der Waals surface area contributed by atoms with Crippen LogP contribution in [0.4, 0.5) is 0 Å². The van der Waals surface area contributed by atoms with Gasteiger partial charge in [0.05, 0.1) is 6.61 Å². The van der Waals surface area contributed by atoms with Crippen molar-refractivity contribution in [2.24, 2.45) is 5.41 Å². The van der Waals surface area contributed by atoms with Crippen LogP contribution in [0.2, 0.25) is 0 Å². The number of phenols is 1. The van der Waals surface area contributed by atoms with Crippen LogP contribution in [-0.2, 0) is 6.54 Å². The Labute approximate surface area is 152 Å². The van der Waals surface area contributed by atoms with Gasteiger partial charge in [-0.15, -0.1) is 0 Å². The molecule has 0 amide bonds. The van der Waals surface area contributed by atoms with Crippen molar-refractivity contribution < 1.29 is 14.9 Å². The highest BCUT2D eigenvalue weighted by molar-refractivity contribution is 5.45. The molecule has 0 spiro atoms. The van der Waals surface area contributed by atoms with Gasteiger partial charge in [0.1, 0.15) is 0 Å². The first-order valence-corrected chi connectivity index (χ1v) is 9.35. The van der Waals surface area contributed by atoms with Gasteiger partial charge in [-0.1, -0.05) is 32.9 Å². The summed E-state index contributed by atoms with van der Waals surface area (Å²) >= 11 is 0. The van der Waals surface area contributed by atoms with E-state index in [4.69, 9.17) is 4.74 Å². The van der Waals surface area contributed by atoms with Gasteiger partial charge in [-0.25, -0.2) is 0 Å². The average molecular weight is 351 g/mol. The van der Waals surface area contributed by atoms with E-state index in [9.17, 15) is 10.2 Å². The topological polar surface area (TPSA) is 56.2 Å². The summed E-state index contributed by atoms with van der Waals surface area (Å²) < 4.78 is 5.49. The summed E-state index contributed by atoms with van der Waals surface area (Å²) in [7, 11) is 0. The smallest absolute Gasteiger partial charge is 0.162 e. The van der Waals surface area contributed by atoms with Crippen LogP contribution >= 0.6 is 0 Å². The van der Waals surface area contributed by atoms with Crippen LogP contribution < -0.4 is 4.74 Å². The van der Waals surface area contributed by atoms with E-state index >= 15 is 0 Å². The maximum absolute atomic E-state index is 10.4. The highest BCUT2D eigenvalue weighted by atomic mass is 16.5. The third-order valence-corrected chi connectivity index (χ3v) is 4.60. The number of hydrogen-bond acceptors (Lipinski definition) is 5. The molecule has 1 heterocycles. The van der Waals surface area contributed by atoms with Gasteiger partial charge in [0, 0.05) is 50.9 Å². The Morgan fingerprint density at radius 3 is 2.64 bits per heavy atom. The standard InChI is InChI=1S/C20H34N2O3/c1-5-25-18-8-6-7-16(19(18)24)13-21-10-11-22(15-20(2,3)4)17(14-21)9-12-23/h6-8,17,23-24H,5,9-15H2,1-4H3. The number of nitrogens with zero attached hydrogens (tertiary/aromatic N) is 2. The number of aromatic hydroxyl groups is 1. The van der Waals surface area contributed by atoms with Crippen LogP contribution in [0.1, 0.15) is 39.7 Å². The van der Waals surface area contributed by atoms with E-state index in [2.05, 4.69) is 30.6 Å². The Morgan fingerprint density at radius 2 is 2.00 bits per heavy atom. The fraction of sp³-hybridized carbons (Fsp3) is 0.700. The van der Waals surface area contributed by atoms with Crippen LogP contribution in [0.15, 0.2) is 18.2 Å². The normalized spacial score (nSPS) is 20.0. The zero-order valence-electron chi connectivity index (χ0n) is 16.2. The minimum absolute atomic E-state index is 0.213. The second kappa shape index (κ2) is 8.88.